The second-order valence-electron chi connectivity index (χ2n) is 6.84. The van der Waals surface area contributed by atoms with Crippen molar-refractivity contribution in [1.82, 2.24) is 14.5 Å². The Kier molecular flexibility index (Phi) is 3.86. The third kappa shape index (κ3) is 2.44. The molecule has 0 radical (unpaired) electrons. The number of halogens is 1. The molecule has 2 aromatic rings. The van der Waals surface area contributed by atoms with Gasteiger partial charge in [-0.3, -0.25) is 9.78 Å². The number of aliphatic hydroxyl groups excluding tert-OH is 1. The summed E-state index contributed by atoms with van der Waals surface area (Å²) in [5.41, 5.74) is 7.49. The van der Waals surface area contributed by atoms with E-state index in [1.165, 1.54) is 12.3 Å². The molecule has 7 heteroatoms. The van der Waals surface area contributed by atoms with E-state index in [0.717, 1.165) is 6.54 Å². The molecule has 2 aliphatic heterocycles. The average molecular weight is 332 g/mol. The van der Waals surface area contributed by atoms with Gasteiger partial charge in [-0.2, -0.15) is 0 Å². The van der Waals surface area contributed by atoms with Gasteiger partial charge in [0.05, 0.1) is 23.3 Å². The summed E-state index contributed by atoms with van der Waals surface area (Å²) in [6, 6.07) is 3.14. The van der Waals surface area contributed by atoms with Crippen molar-refractivity contribution in [2.45, 2.75) is 25.0 Å². The van der Waals surface area contributed by atoms with Crippen LogP contribution in [0.5, 0.6) is 0 Å². The van der Waals surface area contributed by atoms with E-state index >= 15 is 0 Å². The van der Waals surface area contributed by atoms with Crippen LogP contribution in [0.25, 0.3) is 11.0 Å². The van der Waals surface area contributed by atoms with E-state index in [1.54, 1.807) is 10.6 Å². The lowest BCUT2D eigenvalue weighted by molar-refractivity contribution is 0.0281. The number of aliphatic hydroxyl groups is 1. The number of rotatable bonds is 3. The van der Waals surface area contributed by atoms with Crippen LogP contribution >= 0.6 is 0 Å². The number of piperidine rings is 1. The number of hydrogen-bond donors (Lipinski definition) is 2. The van der Waals surface area contributed by atoms with Crippen molar-refractivity contribution in [3.8, 4) is 0 Å². The fourth-order valence-electron chi connectivity index (χ4n) is 4.10. The molecule has 128 valence electrons. The summed E-state index contributed by atoms with van der Waals surface area (Å²) in [4.78, 5) is 18.5. The van der Waals surface area contributed by atoms with Gasteiger partial charge < -0.3 is 20.3 Å². The second kappa shape index (κ2) is 5.91. The van der Waals surface area contributed by atoms with Gasteiger partial charge in [0.1, 0.15) is 5.82 Å². The lowest BCUT2D eigenvalue weighted by Crippen LogP contribution is -2.47. The van der Waals surface area contributed by atoms with Gasteiger partial charge in [-0.15, -0.1) is 0 Å². The van der Waals surface area contributed by atoms with Crippen LogP contribution in [0.2, 0.25) is 0 Å². The molecule has 3 atom stereocenters. The van der Waals surface area contributed by atoms with Gasteiger partial charge in [0.15, 0.2) is 0 Å². The Labute approximate surface area is 138 Å². The third-order valence-corrected chi connectivity index (χ3v) is 5.36. The van der Waals surface area contributed by atoms with Crippen molar-refractivity contribution in [3.05, 3.63) is 40.1 Å². The largest absolute Gasteiger partial charge is 0.393 e. The molecular weight excluding hydrogens is 311 g/mol. The third-order valence-electron chi connectivity index (χ3n) is 5.36. The van der Waals surface area contributed by atoms with Crippen LogP contribution in [0.15, 0.2) is 23.1 Å². The molecule has 3 N–H and O–H groups in total. The predicted molar refractivity (Wildman–Crippen MR) is 88.3 cm³/mol. The summed E-state index contributed by atoms with van der Waals surface area (Å²) in [7, 11) is 0. The summed E-state index contributed by atoms with van der Waals surface area (Å²) < 4.78 is 16.1. The zero-order valence-electron chi connectivity index (χ0n) is 13.4. The van der Waals surface area contributed by atoms with Crippen LogP contribution in [-0.2, 0) is 6.54 Å². The fraction of sp³-hybridized carbons (Fsp3) is 0.529. The standard InChI is InChI=1S/C17H21FN4O2/c18-12-6-20-13-1-2-15(24)22-9-11(16(12)17(13)22)8-21-4-3-14(23)10(5-19)7-21/h1-2,6,10-11,14,23H,3-5,7-9,19H2/t10-,11?,14+/m0/s1. The van der Waals surface area contributed by atoms with Crippen LogP contribution in [0.3, 0.4) is 0 Å². The predicted octanol–water partition coefficient (Wildman–Crippen LogP) is 0.274. The maximum absolute atomic E-state index is 14.4. The van der Waals surface area contributed by atoms with Crippen LogP contribution in [0.4, 0.5) is 4.39 Å². The van der Waals surface area contributed by atoms with Crippen LogP contribution < -0.4 is 11.3 Å². The number of nitrogens with two attached hydrogens (primary N) is 1. The van der Waals surface area contributed by atoms with Crippen molar-refractivity contribution < 1.29 is 9.50 Å². The summed E-state index contributed by atoms with van der Waals surface area (Å²) >= 11 is 0. The SMILES string of the molecule is NC[C@H]1CN(CC2Cn3c(=O)ccc4ncc(F)c2c43)CC[C@H]1O. The van der Waals surface area contributed by atoms with Gasteiger partial charge in [-0.25, -0.2) is 4.39 Å². The molecule has 0 aliphatic carbocycles. The summed E-state index contributed by atoms with van der Waals surface area (Å²) in [6.07, 6.45) is 1.56. The molecule has 1 fully saturated rings. The Hall–Kier alpha value is -1.83. The highest BCUT2D eigenvalue weighted by Gasteiger charge is 2.33. The van der Waals surface area contributed by atoms with Gasteiger partial charge in [0.2, 0.25) is 0 Å². The Morgan fingerprint density at radius 3 is 3.00 bits per heavy atom. The fourth-order valence-corrected chi connectivity index (χ4v) is 4.10. The average Bonchev–Trinajstić information content (AvgIpc) is 2.96. The molecule has 1 saturated heterocycles. The summed E-state index contributed by atoms with van der Waals surface area (Å²) in [5, 5.41) is 9.97. The van der Waals surface area contributed by atoms with E-state index < -0.39 is 0 Å². The Balaban J connectivity index is 1.65. The molecule has 4 rings (SSSR count). The van der Waals surface area contributed by atoms with Crippen molar-refractivity contribution in [3.63, 3.8) is 0 Å². The molecule has 6 nitrogen and oxygen atoms in total. The molecular formula is C17H21FN4O2. The highest BCUT2D eigenvalue weighted by Crippen LogP contribution is 2.34. The maximum Gasteiger partial charge on any atom is 0.251 e. The number of nitrogens with zero attached hydrogens (tertiary/aromatic N) is 3. The zero-order valence-corrected chi connectivity index (χ0v) is 13.4. The van der Waals surface area contributed by atoms with E-state index in [9.17, 15) is 14.3 Å². The maximum atomic E-state index is 14.4. The number of pyridine rings is 2. The first-order valence-electron chi connectivity index (χ1n) is 8.37. The highest BCUT2D eigenvalue weighted by molar-refractivity contribution is 5.80. The Morgan fingerprint density at radius 1 is 1.38 bits per heavy atom. The Morgan fingerprint density at radius 2 is 2.21 bits per heavy atom. The first-order valence-corrected chi connectivity index (χ1v) is 8.37. The summed E-state index contributed by atoms with van der Waals surface area (Å²) in [6.45, 7) is 3.03. The Bertz CT molecular complexity index is 837. The van der Waals surface area contributed by atoms with Gasteiger partial charge >= 0.3 is 0 Å². The molecule has 0 aromatic carbocycles. The molecule has 0 saturated carbocycles. The van der Waals surface area contributed by atoms with E-state index in [1.807, 2.05) is 0 Å². The van der Waals surface area contributed by atoms with Gasteiger partial charge in [-0.05, 0) is 19.0 Å². The number of likely N-dealkylation sites (tertiary alicyclic amines) is 1. The molecule has 0 amide bonds. The first-order chi connectivity index (χ1) is 11.6. The minimum Gasteiger partial charge on any atom is -0.393 e. The quantitative estimate of drug-likeness (QED) is 0.843. The van der Waals surface area contributed by atoms with Gasteiger partial charge in [-0.1, -0.05) is 0 Å². The van der Waals surface area contributed by atoms with E-state index in [4.69, 9.17) is 5.73 Å². The molecule has 0 bridgehead atoms. The van der Waals surface area contributed by atoms with Crippen molar-refractivity contribution in [2.24, 2.45) is 11.7 Å². The summed E-state index contributed by atoms with van der Waals surface area (Å²) in [5.74, 6) is -0.386. The van der Waals surface area contributed by atoms with E-state index in [-0.39, 0.29) is 29.3 Å². The van der Waals surface area contributed by atoms with Crippen LogP contribution in [-0.4, -0.2) is 51.8 Å². The van der Waals surface area contributed by atoms with E-state index in [2.05, 4.69) is 9.88 Å². The van der Waals surface area contributed by atoms with Crippen LogP contribution in [0, 0.1) is 11.7 Å². The molecule has 24 heavy (non-hydrogen) atoms. The van der Waals surface area contributed by atoms with Gasteiger partial charge in [0.25, 0.3) is 5.56 Å². The zero-order chi connectivity index (χ0) is 16.8. The smallest absolute Gasteiger partial charge is 0.251 e. The molecule has 2 aromatic heterocycles. The van der Waals surface area contributed by atoms with Crippen molar-refractivity contribution >= 4 is 11.0 Å². The monoisotopic (exact) mass is 332 g/mol. The number of aromatic nitrogens is 2. The molecule has 1 unspecified atom stereocenters. The van der Waals surface area contributed by atoms with Crippen molar-refractivity contribution in [2.75, 3.05) is 26.2 Å². The normalized spacial score (nSPS) is 27.0. The number of hydrogen-bond acceptors (Lipinski definition) is 5. The van der Waals surface area contributed by atoms with Crippen molar-refractivity contribution in [1.29, 1.82) is 0 Å². The lowest BCUT2D eigenvalue weighted by atomic mass is 9.93. The molecule has 0 spiro atoms. The lowest BCUT2D eigenvalue weighted by Gasteiger charge is -2.36. The second-order valence-corrected chi connectivity index (χ2v) is 6.84. The first kappa shape index (κ1) is 15.7. The minimum atomic E-state index is -0.362. The van der Waals surface area contributed by atoms with Gasteiger partial charge in [0, 0.05) is 49.6 Å². The topological polar surface area (TPSA) is 84.4 Å². The minimum absolute atomic E-state index is 0.0487. The highest BCUT2D eigenvalue weighted by atomic mass is 19.1. The molecule has 2 aliphatic rings. The molecule has 4 heterocycles. The van der Waals surface area contributed by atoms with E-state index in [0.29, 0.717) is 49.2 Å². The van der Waals surface area contributed by atoms with Crippen LogP contribution in [0.1, 0.15) is 17.9 Å².